The lowest BCUT2D eigenvalue weighted by molar-refractivity contribution is -0.895. The second-order valence-electron chi connectivity index (χ2n) is 7.49. The van der Waals surface area contributed by atoms with E-state index in [-0.39, 0.29) is 5.91 Å². The van der Waals surface area contributed by atoms with Crippen molar-refractivity contribution in [3.63, 3.8) is 0 Å². The van der Waals surface area contributed by atoms with Gasteiger partial charge in [0.05, 0.1) is 31.1 Å². The molecule has 0 spiro atoms. The number of carbonyl (C=O) groups is 1. The Hall–Kier alpha value is -1.44. The van der Waals surface area contributed by atoms with Crippen LogP contribution >= 0.6 is 0 Å². The molecule has 1 saturated heterocycles. The van der Waals surface area contributed by atoms with E-state index in [1.165, 1.54) is 12.8 Å². The minimum atomic E-state index is -3.46. The maximum atomic E-state index is 12.8. The first kappa shape index (κ1) is 21.9. The summed E-state index contributed by atoms with van der Waals surface area (Å²) >= 11 is 0. The van der Waals surface area contributed by atoms with Crippen LogP contribution in [-0.2, 0) is 14.8 Å². The van der Waals surface area contributed by atoms with Crippen LogP contribution in [-0.4, -0.2) is 57.9 Å². The van der Waals surface area contributed by atoms with Gasteiger partial charge >= 0.3 is 0 Å². The number of nitrogens with zero attached hydrogens (tertiary/aromatic N) is 1. The lowest BCUT2D eigenvalue weighted by Crippen LogP contribution is -3.15. The molecule has 0 aliphatic carbocycles. The van der Waals surface area contributed by atoms with Crippen LogP contribution in [0.4, 0.5) is 0 Å². The summed E-state index contributed by atoms with van der Waals surface area (Å²) in [5, 5.41) is 2.98. The van der Waals surface area contributed by atoms with Crippen molar-refractivity contribution in [2.45, 2.75) is 51.3 Å². The summed E-state index contributed by atoms with van der Waals surface area (Å²) < 4.78 is 27.2. The van der Waals surface area contributed by atoms with Gasteiger partial charge in [-0.05, 0) is 43.5 Å². The van der Waals surface area contributed by atoms with Crippen LogP contribution in [0.1, 0.15) is 43.7 Å². The number of rotatable bonds is 9. The number of quaternary nitrogens is 1. The molecule has 0 unspecified atom stereocenters. The van der Waals surface area contributed by atoms with E-state index in [0.717, 1.165) is 35.4 Å². The SMILES string of the molecule is CCCCCCNC(=O)C[NH+]1CCN(S(=O)(=O)c2ccc(C)c(C)c2)CC1. The molecule has 0 saturated carbocycles. The Morgan fingerprint density at radius 1 is 1.11 bits per heavy atom. The summed E-state index contributed by atoms with van der Waals surface area (Å²) in [5.41, 5.74) is 2.07. The number of unbranched alkanes of at least 4 members (excludes halogenated alkanes) is 3. The van der Waals surface area contributed by atoms with Gasteiger partial charge < -0.3 is 10.2 Å². The summed E-state index contributed by atoms with van der Waals surface area (Å²) in [6.45, 7) is 9.45. The highest BCUT2D eigenvalue weighted by Crippen LogP contribution is 2.19. The molecule has 1 aromatic carbocycles. The van der Waals surface area contributed by atoms with Crippen molar-refractivity contribution >= 4 is 15.9 Å². The minimum absolute atomic E-state index is 0.0620. The molecule has 1 heterocycles. The van der Waals surface area contributed by atoms with Crippen LogP contribution < -0.4 is 10.2 Å². The Morgan fingerprint density at radius 3 is 2.44 bits per heavy atom. The Morgan fingerprint density at radius 2 is 1.81 bits per heavy atom. The van der Waals surface area contributed by atoms with Gasteiger partial charge in [-0.2, -0.15) is 4.31 Å². The zero-order valence-electron chi connectivity index (χ0n) is 16.9. The average Bonchev–Trinajstić information content (AvgIpc) is 2.64. The number of hydrogen-bond donors (Lipinski definition) is 2. The number of benzene rings is 1. The van der Waals surface area contributed by atoms with E-state index in [1.54, 1.807) is 16.4 Å². The Labute approximate surface area is 164 Å². The molecule has 0 radical (unpaired) electrons. The van der Waals surface area contributed by atoms with E-state index in [1.807, 2.05) is 19.9 Å². The first-order valence-corrected chi connectivity index (χ1v) is 11.5. The lowest BCUT2D eigenvalue weighted by Gasteiger charge is -2.31. The van der Waals surface area contributed by atoms with E-state index in [2.05, 4.69) is 12.2 Å². The number of piperazine rings is 1. The van der Waals surface area contributed by atoms with Gasteiger partial charge in [0.15, 0.2) is 6.54 Å². The molecule has 0 bridgehead atoms. The topological polar surface area (TPSA) is 70.9 Å². The molecule has 1 aliphatic rings. The second-order valence-corrected chi connectivity index (χ2v) is 9.43. The molecule has 1 aliphatic heterocycles. The van der Waals surface area contributed by atoms with E-state index in [4.69, 9.17) is 0 Å². The van der Waals surface area contributed by atoms with Crippen molar-refractivity contribution in [2.24, 2.45) is 0 Å². The molecule has 7 heteroatoms. The largest absolute Gasteiger partial charge is 0.351 e. The molecule has 6 nitrogen and oxygen atoms in total. The third-order valence-electron chi connectivity index (χ3n) is 5.31. The average molecular weight is 397 g/mol. The summed E-state index contributed by atoms with van der Waals surface area (Å²) in [5.74, 6) is 0.0620. The lowest BCUT2D eigenvalue weighted by atomic mass is 10.1. The number of aryl methyl sites for hydroxylation is 2. The van der Waals surface area contributed by atoms with Gasteiger partial charge in [-0.25, -0.2) is 8.42 Å². The minimum Gasteiger partial charge on any atom is -0.351 e. The molecule has 1 amide bonds. The van der Waals surface area contributed by atoms with Gasteiger partial charge in [0.2, 0.25) is 10.0 Å². The first-order chi connectivity index (χ1) is 12.8. The highest BCUT2D eigenvalue weighted by atomic mass is 32.2. The molecule has 1 aromatic rings. The zero-order chi connectivity index (χ0) is 19.9. The summed E-state index contributed by atoms with van der Waals surface area (Å²) in [6, 6.07) is 5.29. The zero-order valence-corrected chi connectivity index (χ0v) is 17.7. The fourth-order valence-electron chi connectivity index (χ4n) is 3.31. The normalized spacial score (nSPS) is 16.4. The molecule has 27 heavy (non-hydrogen) atoms. The molecule has 2 N–H and O–H groups in total. The summed E-state index contributed by atoms with van der Waals surface area (Å²) in [7, 11) is -3.46. The molecule has 2 rings (SSSR count). The highest BCUT2D eigenvalue weighted by molar-refractivity contribution is 7.89. The number of sulfonamides is 1. The van der Waals surface area contributed by atoms with Crippen LogP contribution in [0.15, 0.2) is 23.1 Å². The van der Waals surface area contributed by atoms with Gasteiger partial charge in [0, 0.05) is 6.54 Å². The van der Waals surface area contributed by atoms with Crippen molar-refractivity contribution in [2.75, 3.05) is 39.3 Å². The van der Waals surface area contributed by atoms with Gasteiger partial charge in [-0.1, -0.05) is 32.3 Å². The third-order valence-corrected chi connectivity index (χ3v) is 7.20. The summed E-state index contributed by atoms with van der Waals surface area (Å²) in [6.07, 6.45) is 4.57. The molecule has 1 fully saturated rings. The van der Waals surface area contributed by atoms with Crippen molar-refractivity contribution in [3.8, 4) is 0 Å². The smallest absolute Gasteiger partial charge is 0.275 e. The van der Waals surface area contributed by atoms with Crippen LogP contribution in [0.2, 0.25) is 0 Å². The molecule has 0 atom stereocenters. The third kappa shape index (κ3) is 6.30. The monoisotopic (exact) mass is 396 g/mol. The maximum Gasteiger partial charge on any atom is 0.275 e. The Kier molecular flexibility index (Phi) is 8.26. The van der Waals surface area contributed by atoms with Gasteiger partial charge in [-0.3, -0.25) is 4.79 Å². The number of amides is 1. The molecule has 0 aromatic heterocycles. The number of nitrogens with one attached hydrogen (secondary N) is 2. The van der Waals surface area contributed by atoms with Crippen LogP contribution in [0.25, 0.3) is 0 Å². The summed E-state index contributed by atoms with van der Waals surface area (Å²) in [4.78, 5) is 13.6. The Balaban J connectivity index is 1.80. The van der Waals surface area contributed by atoms with Gasteiger partial charge in [-0.15, -0.1) is 0 Å². The predicted octanol–water partition coefficient (Wildman–Crippen LogP) is 0.889. The maximum absolute atomic E-state index is 12.8. The van der Waals surface area contributed by atoms with Crippen molar-refractivity contribution in [1.29, 1.82) is 0 Å². The standard InChI is InChI=1S/C20H33N3O3S/c1-4-5-6-7-10-21-20(24)16-22-11-13-23(14-12-22)27(25,26)19-9-8-17(2)18(3)15-19/h8-9,15H,4-7,10-14,16H2,1-3H3,(H,21,24)/p+1. The molecular weight excluding hydrogens is 362 g/mol. The first-order valence-electron chi connectivity index (χ1n) is 10.0. The second kappa shape index (κ2) is 10.2. The van der Waals surface area contributed by atoms with E-state index in [0.29, 0.717) is 37.6 Å². The van der Waals surface area contributed by atoms with Crippen LogP contribution in [0.5, 0.6) is 0 Å². The van der Waals surface area contributed by atoms with Crippen LogP contribution in [0, 0.1) is 13.8 Å². The quantitative estimate of drug-likeness (QED) is 0.609. The van der Waals surface area contributed by atoms with Crippen LogP contribution in [0.3, 0.4) is 0 Å². The number of carbonyl (C=O) groups excluding carboxylic acids is 1. The van der Waals surface area contributed by atoms with E-state index < -0.39 is 10.0 Å². The van der Waals surface area contributed by atoms with Crippen molar-refractivity contribution < 1.29 is 18.1 Å². The molecule has 152 valence electrons. The van der Waals surface area contributed by atoms with E-state index >= 15 is 0 Å². The van der Waals surface area contributed by atoms with Gasteiger partial charge in [0.25, 0.3) is 5.91 Å². The van der Waals surface area contributed by atoms with E-state index in [9.17, 15) is 13.2 Å². The highest BCUT2D eigenvalue weighted by Gasteiger charge is 2.31. The van der Waals surface area contributed by atoms with Gasteiger partial charge in [0.1, 0.15) is 0 Å². The fourth-order valence-corrected chi connectivity index (χ4v) is 4.84. The molecular formula is C20H34N3O3S+. The Bertz CT molecular complexity index is 726. The fraction of sp³-hybridized carbons (Fsp3) is 0.650. The number of hydrogen-bond acceptors (Lipinski definition) is 3. The van der Waals surface area contributed by atoms with Crippen molar-refractivity contribution in [1.82, 2.24) is 9.62 Å². The van der Waals surface area contributed by atoms with Crippen molar-refractivity contribution in [3.05, 3.63) is 29.3 Å². The predicted molar refractivity (Wildman–Crippen MR) is 107 cm³/mol.